The molecule has 11 heteroatoms. The number of halogens is 5. The van der Waals surface area contributed by atoms with Gasteiger partial charge in [-0.05, 0) is 44.4 Å². The first-order valence-corrected chi connectivity index (χ1v) is 12.2. The van der Waals surface area contributed by atoms with Crippen LogP contribution in [0.2, 0.25) is 0 Å². The van der Waals surface area contributed by atoms with Crippen molar-refractivity contribution >= 4 is 11.8 Å². The minimum Gasteiger partial charge on any atom is -0.373 e. The molecule has 1 saturated carbocycles. The van der Waals surface area contributed by atoms with Crippen LogP contribution in [0.15, 0.2) is 0 Å². The third-order valence-electron chi connectivity index (χ3n) is 8.42. The monoisotopic (exact) mass is 495 g/mol. The van der Waals surface area contributed by atoms with Crippen LogP contribution in [0.4, 0.5) is 22.0 Å². The van der Waals surface area contributed by atoms with Gasteiger partial charge in [0.2, 0.25) is 17.7 Å². The molecule has 0 aromatic heterocycles. The maximum absolute atomic E-state index is 14.2. The van der Waals surface area contributed by atoms with Gasteiger partial charge in [0.1, 0.15) is 5.41 Å². The second kappa shape index (κ2) is 9.19. The number of nitrogens with one attached hydrogen (secondary N) is 1. The first-order chi connectivity index (χ1) is 15.9. The lowest BCUT2D eigenvalue weighted by Crippen LogP contribution is -2.62. The number of carbonyl (C=O) groups is 2. The predicted molar refractivity (Wildman–Crippen MR) is 113 cm³/mol. The molecule has 0 aromatic rings. The summed E-state index contributed by atoms with van der Waals surface area (Å²) in [5, 5.41) is 3.19. The highest BCUT2D eigenvalue weighted by Gasteiger charge is 2.62. The first-order valence-electron chi connectivity index (χ1n) is 12.2. The molecule has 0 radical (unpaired) electrons. The van der Waals surface area contributed by atoms with Gasteiger partial charge < -0.3 is 19.9 Å². The molecular weight excluding hydrogens is 461 g/mol. The van der Waals surface area contributed by atoms with E-state index in [1.54, 1.807) is 0 Å². The molecule has 0 unspecified atom stereocenters. The Kier molecular flexibility index (Phi) is 6.92. The van der Waals surface area contributed by atoms with E-state index in [0.717, 1.165) is 17.7 Å². The van der Waals surface area contributed by atoms with E-state index in [9.17, 15) is 31.5 Å². The van der Waals surface area contributed by atoms with Crippen LogP contribution in [0.5, 0.6) is 0 Å². The van der Waals surface area contributed by atoms with Crippen molar-refractivity contribution in [3.8, 4) is 0 Å². The predicted octanol–water partition coefficient (Wildman–Crippen LogP) is 3.35. The molecular formula is C23H34F5N3O3. The van der Waals surface area contributed by atoms with Gasteiger partial charge in [-0.2, -0.15) is 13.2 Å². The molecule has 3 saturated heterocycles. The van der Waals surface area contributed by atoms with E-state index < -0.39 is 42.3 Å². The Labute approximate surface area is 196 Å². The van der Waals surface area contributed by atoms with E-state index >= 15 is 0 Å². The van der Waals surface area contributed by atoms with Crippen molar-refractivity contribution in [2.24, 2.45) is 11.3 Å². The van der Waals surface area contributed by atoms with Crippen molar-refractivity contribution in [1.82, 2.24) is 15.1 Å². The number of likely N-dealkylation sites (tertiary alicyclic amines) is 1. The lowest BCUT2D eigenvalue weighted by molar-refractivity contribution is -0.238. The fraction of sp³-hybridized carbons (Fsp3) is 0.913. The number of hydrogen-bond acceptors (Lipinski definition) is 4. The van der Waals surface area contributed by atoms with Crippen LogP contribution in [-0.4, -0.2) is 85.2 Å². The number of amides is 2. The molecule has 0 aromatic carbocycles. The molecule has 1 N–H and O–H groups in total. The van der Waals surface area contributed by atoms with E-state index in [4.69, 9.17) is 4.74 Å². The van der Waals surface area contributed by atoms with Crippen LogP contribution in [-0.2, 0) is 14.3 Å². The van der Waals surface area contributed by atoms with Gasteiger partial charge in [0.15, 0.2) is 0 Å². The van der Waals surface area contributed by atoms with Crippen molar-refractivity contribution in [2.75, 3.05) is 39.8 Å². The molecule has 1 aliphatic carbocycles. The molecule has 3 heterocycles. The Morgan fingerprint density at radius 3 is 2.12 bits per heavy atom. The molecule has 0 bridgehead atoms. The third kappa shape index (κ3) is 4.92. The van der Waals surface area contributed by atoms with Crippen LogP contribution >= 0.6 is 0 Å². The second-order valence-corrected chi connectivity index (χ2v) is 10.6. The van der Waals surface area contributed by atoms with Gasteiger partial charge in [0.05, 0.1) is 18.2 Å². The van der Waals surface area contributed by atoms with Gasteiger partial charge in [-0.3, -0.25) is 9.59 Å². The van der Waals surface area contributed by atoms with Crippen molar-refractivity contribution in [1.29, 1.82) is 0 Å². The van der Waals surface area contributed by atoms with E-state index in [2.05, 4.69) is 5.32 Å². The van der Waals surface area contributed by atoms with Crippen molar-refractivity contribution in [3.05, 3.63) is 0 Å². The van der Waals surface area contributed by atoms with Crippen molar-refractivity contribution < 1.29 is 36.3 Å². The molecule has 4 rings (SSSR count). The summed E-state index contributed by atoms with van der Waals surface area (Å²) in [6.45, 7) is 1.01. The zero-order valence-electron chi connectivity index (χ0n) is 19.6. The summed E-state index contributed by atoms with van der Waals surface area (Å²) < 4.78 is 75.1. The molecule has 1 spiro atoms. The summed E-state index contributed by atoms with van der Waals surface area (Å²) in [6.07, 6.45) is -3.72. The van der Waals surface area contributed by atoms with Crippen molar-refractivity contribution in [3.63, 3.8) is 0 Å². The Hall–Kier alpha value is -1.49. The van der Waals surface area contributed by atoms with E-state index in [0.29, 0.717) is 19.6 Å². The van der Waals surface area contributed by atoms with Gasteiger partial charge in [-0.15, -0.1) is 0 Å². The number of ether oxygens (including phenoxy) is 1. The highest BCUT2D eigenvalue weighted by atomic mass is 19.4. The van der Waals surface area contributed by atoms with E-state index in [-0.39, 0.29) is 62.7 Å². The maximum Gasteiger partial charge on any atom is 0.403 e. The van der Waals surface area contributed by atoms with Gasteiger partial charge >= 0.3 is 6.18 Å². The first kappa shape index (κ1) is 25.6. The number of rotatable bonds is 4. The fourth-order valence-electron chi connectivity index (χ4n) is 5.91. The van der Waals surface area contributed by atoms with Gasteiger partial charge in [0.25, 0.3) is 0 Å². The number of hydrogen-bond donors (Lipinski definition) is 1. The van der Waals surface area contributed by atoms with Gasteiger partial charge in [0, 0.05) is 52.5 Å². The average molecular weight is 496 g/mol. The lowest BCUT2D eigenvalue weighted by atomic mass is 9.75. The Morgan fingerprint density at radius 2 is 1.65 bits per heavy atom. The van der Waals surface area contributed by atoms with Crippen LogP contribution < -0.4 is 5.32 Å². The van der Waals surface area contributed by atoms with Crippen LogP contribution in [0, 0.1) is 11.3 Å². The molecule has 34 heavy (non-hydrogen) atoms. The summed E-state index contributed by atoms with van der Waals surface area (Å²) in [5.41, 5.74) is -2.75. The van der Waals surface area contributed by atoms with E-state index in [1.807, 2.05) is 0 Å². The lowest BCUT2D eigenvalue weighted by Gasteiger charge is -2.48. The van der Waals surface area contributed by atoms with Crippen LogP contribution in [0.3, 0.4) is 0 Å². The Balaban J connectivity index is 1.35. The highest BCUT2D eigenvalue weighted by molar-refractivity contribution is 5.85. The average Bonchev–Trinajstić information content (AvgIpc) is 2.78. The van der Waals surface area contributed by atoms with E-state index in [1.165, 1.54) is 11.9 Å². The topological polar surface area (TPSA) is 61.9 Å². The smallest absolute Gasteiger partial charge is 0.373 e. The number of piperidine rings is 2. The highest BCUT2D eigenvalue weighted by Crippen LogP contribution is 2.48. The van der Waals surface area contributed by atoms with Crippen LogP contribution in [0.25, 0.3) is 0 Å². The zero-order valence-corrected chi connectivity index (χ0v) is 19.6. The van der Waals surface area contributed by atoms with Gasteiger partial charge in [-0.25, -0.2) is 8.78 Å². The summed E-state index contributed by atoms with van der Waals surface area (Å²) >= 11 is 0. The zero-order chi connectivity index (χ0) is 24.8. The molecule has 2 amide bonds. The SMILES string of the molecule is CN(CC1CCC(F)(F)CC1)C(=O)C1(C(F)(F)F)CCN(C(=O)[C@@H]2CC[C@@]3(CCO3)CN2)CC1. The van der Waals surface area contributed by atoms with Crippen molar-refractivity contribution in [2.45, 2.75) is 81.5 Å². The van der Waals surface area contributed by atoms with Gasteiger partial charge in [-0.1, -0.05) is 0 Å². The molecule has 6 nitrogen and oxygen atoms in total. The Morgan fingerprint density at radius 1 is 1.03 bits per heavy atom. The third-order valence-corrected chi connectivity index (χ3v) is 8.42. The summed E-state index contributed by atoms with van der Waals surface area (Å²) in [4.78, 5) is 28.5. The summed E-state index contributed by atoms with van der Waals surface area (Å²) in [5.74, 6) is -4.22. The fourth-order valence-corrected chi connectivity index (χ4v) is 5.91. The molecule has 3 aliphatic heterocycles. The molecule has 4 aliphatic rings. The Bertz CT molecular complexity index is 758. The molecule has 194 valence electrons. The largest absolute Gasteiger partial charge is 0.403 e. The normalized spacial score (nSPS) is 31.7. The standard InChI is InChI=1S/C23H34F5N3O3/c1-30(14-16-2-6-22(24,25)7-3-16)19(33)21(23(26,27)28)8-11-31(12-9-21)18(32)17-4-5-20(15-29-17)10-13-34-20/h16-17,29H,2-15H2,1H3/t17-,20+/m0/s1. The quantitative estimate of drug-likeness (QED) is 0.608. The summed E-state index contributed by atoms with van der Waals surface area (Å²) in [7, 11) is 1.32. The number of nitrogens with zero attached hydrogens (tertiary/aromatic N) is 2. The maximum atomic E-state index is 14.2. The minimum absolute atomic E-state index is 0.0329. The molecule has 4 fully saturated rings. The van der Waals surface area contributed by atoms with Crippen LogP contribution in [0.1, 0.15) is 57.8 Å². The summed E-state index contributed by atoms with van der Waals surface area (Å²) in [6, 6.07) is -0.448. The second-order valence-electron chi connectivity index (χ2n) is 10.6. The molecule has 2 atom stereocenters. The number of carbonyl (C=O) groups excluding carboxylic acids is 2. The minimum atomic E-state index is -4.76. The number of alkyl halides is 5.